The summed E-state index contributed by atoms with van der Waals surface area (Å²) in [7, 11) is 1.70. The Hall–Kier alpha value is -0.930. The molecule has 0 aliphatic carbocycles. The number of hydrogen-bond acceptors (Lipinski definition) is 4. The van der Waals surface area contributed by atoms with E-state index in [1.165, 1.54) is 11.1 Å². The van der Waals surface area contributed by atoms with Crippen LogP contribution >= 0.6 is 35.7 Å². The summed E-state index contributed by atoms with van der Waals surface area (Å²) in [6.45, 7) is 5.13. The minimum atomic E-state index is -0.636. The second kappa shape index (κ2) is 10.6. The highest BCUT2D eigenvalue weighted by molar-refractivity contribution is 14.0. The van der Waals surface area contributed by atoms with Crippen molar-refractivity contribution in [2.24, 2.45) is 4.99 Å². The van der Waals surface area contributed by atoms with Crippen LogP contribution in [0.2, 0.25) is 0 Å². The number of benzene rings is 1. The van der Waals surface area contributed by atoms with Crippen molar-refractivity contribution in [2.75, 3.05) is 44.8 Å². The number of halogens is 1. The van der Waals surface area contributed by atoms with Crippen LogP contribution in [0.4, 0.5) is 0 Å². The van der Waals surface area contributed by atoms with Crippen LogP contribution in [0, 0.1) is 0 Å². The fraction of sp³-hybridized carbons (Fsp3) is 0.550. The Balaban J connectivity index is 0.00000261. The number of rotatable bonds is 5. The van der Waals surface area contributed by atoms with Crippen LogP contribution in [0.3, 0.4) is 0 Å². The van der Waals surface area contributed by atoms with Crippen molar-refractivity contribution in [2.45, 2.75) is 25.4 Å². The van der Waals surface area contributed by atoms with Gasteiger partial charge in [0.15, 0.2) is 5.96 Å². The molecular weight excluding hydrogens is 473 g/mol. The number of guanidine groups is 1. The highest BCUT2D eigenvalue weighted by atomic mass is 127. The first kappa shape index (κ1) is 22.4. The minimum absolute atomic E-state index is 0. The molecule has 1 aromatic carbocycles. The molecule has 2 aliphatic rings. The first-order chi connectivity index (χ1) is 12.6. The van der Waals surface area contributed by atoms with Crippen molar-refractivity contribution in [3.8, 4) is 5.75 Å². The van der Waals surface area contributed by atoms with Crippen molar-refractivity contribution >= 4 is 47.3 Å². The van der Waals surface area contributed by atoms with Gasteiger partial charge in [-0.15, -0.1) is 24.0 Å². The van der Waals surface area contributed by atoms with Gasteiger partial charge >= 0.3 is 0 Å². The maximum absolute atomic E-state index is 10.5. The highest BCUT2D eigenvalue weighted by Crippen LogP contribution is 2.28. The molecule has 5 nitrogen and oxygen atoms in total. The summed E-state index contributed by atoms with van der Waals surface area (Å²) in [6, 6.07) is 8.24. The predicted octanol–water partition coefficient (Wildman–Crippen LogP) is 3.24. The third-order valence-electron chi connectivity index (χ3n) is 4.89. The quantitative estimate of drug-likeness (QED) is 0.367. The van der Waals surface area contributed by atoms with Crippen molar-refractivity contribution in [1.82, 2.24) is 10.2 Å². The largest absolute Gasteiger partial charge is 0.497 e. The van der Waals surface area contributed by atoms with Gasteiger partial charge in [0, 0.05) is 25.4 Å². The van der Waals surface area contributed by atoms with Crippen molar-refractivity contribution in [3.63, 3.8) is 0 Å². The van der Waals surface area contributed by atoms with Crippen LogP contribution < -0.4 is 10.1 Å². The summed E-state index contributed by atoms with van der Waals surface area (Å²) >= 11 is 1.81. The van der Waals surface area contributed by atoms with Gasteiger partial charge in [0.1, 0.15) is 5.75 Å². The Bertz CT molecular complexity index is 675. The van der Waals surface area contributed by atoms with E-state index in [2.05, 4.69) is 35.3 Å². The molecule has 150 valence electrons. The number of aliphatic hydroxyl groups is 1. The van der Waals surface area contributed by atoms with Gasteiger partial charge in [-0.25, -0.2) is 0 Å². The molecule has 1 unspecified atom stereocenters. The van der Waals surface area contributed by atoms with Gasteiger partial charge in [0.05, 0.1) is 19.3 Å². The number of aliphatic imine (C=N–C) groups is 1. The number of methoxy groups -OCH3 is 1. The Labute approximate surface area is 183 Å². The zero-order chi connectivity index (χ0) is 18.4. The summed E-state index contributed by atoms with van der Waals surface area (Å²) in [6.07, 6.45) is 4.07. The Morgan fingerprint density at radius 3 is 2.93 bits per heavy atom. The first-order valence-corrected chi connectivity index (χ1v) is 10.5. The lowest BCUT2D eigenvalue weighted by Crippen LogP contribution is -2.44. The molecule has 0 saturated carbocycles. The SMILES string of the molecule is CCNC(=NCC1(O)CCSC1)N1CC=C(c2cccc(OC)c2)CC1.I. The normalized spacial score (nSPS) is 22.9. The molecule has 0 bridgehead atoms. The minimum Gasteiger partial charge on any atom is -0.497 e. The van der Waals surface area contributed by atoms with E-state index in [-0.39, 0.29) is 24.0 Å². The second-order valence-corrected chi connectivity index (χ2v) is 7.96. The lowest BCUT2D eigenvalue weighted by molar-refractivity contribution is 0.0776. The van der Waals surface area contributed by atoms with Crippen LogP contribution in [-0.4, -0.2) is 66.4 Å². The Morgan fingerprint density at radius 2 is 2.30 bits per heavy atom. The van der Waals surface area contributed by atoms with E-state index in [0.29, 0.717) is 6.54 Å². The lowest BCUT2D eigenvalue weighted by Gasteiger charge is -2.30. The average molecular weight is 503 g/mol. The summed E-state index contributed by atoms with van der Waals surface area (Å²) in [4.78, 5) is 7.00. The van der Waals surface area contributed by atoms with E-state index in [1.54, 1.807) is 7.11 Å². The zero-order valence-corrected chi connectivity index (χ0v) is 19.3. The van der Waals surface area contributed by atoms with Gasteiger partial charge in [-0.2, -0.15) is 11.8 Å². The monoisotopic (exact) mass is 503 g/mol. The summed E-state index contributed by atoms with van der Waals surface area (Å²) in [5, 5.41) is 13.9. The van der Waals surface area contributed by atoms with Crippen molar-refractivity contribution in [1.29, 1.82) is 0 Å². The van der Waals surface area contributed by atoms with Crippen molar-refractivity contribution < 1.29 is 9.84 Å². The smallest absolute Gasteiger partial charge is 0.194 e. The van der Waals surface area contributed by atoms with E-state index in [9.17, 15) is 5.11 Å². The van der Waals surface area contributed by atoms with E-state index in [1.807, 2.05) is 23.9 Å². The Morgan fingerprint density at radius 1 is 1.44 bits per heavy atom. The van der Waals surface area contributed by atoms with Gasteiger partial charge in [-0.1, -0.05) is 18.2 Å². The molecule has 0 amide bonds. The molecule has 1 saturated heterocycles. The predicted molar refractivity (Wildman–Crippen MR) is 125 cm³/mol. The number of nitrogens with one attached hydrogen (secondary N) is 1. The molecule has 2 N–H and O–H groups in total. The van der Waals surface area contributed by atoms with Crippen LogP contribution in [-0.2, 0) is 0 Å². The fourth-order valence-corrected chi connectivity index (χ4v) is 4.60. The van der Waals surface area contributed by atoms with E-state index >= 15 is 0 Å². The summed E-state index contributed by atoms with van der Waals surface area (Å²) < 4.78 is 5.33. The van der Waals surface area contributed by atoms with E-state index in [0.717, 1.165) is 55.7 Å². The number of nitrogens with zero attached hydrogens (tertiary/aromatic N) is 2. The molecule has 2 aliphatic heterocycles. The standard InChI is InChI=1S/C20H29N3O2S.HI/c1-3-21-19(22-14-20(24)9-12-26-15-20)23-10-7-16(8-11-23)17-5-4-6-18(13-17)25-2;/h4-7,13,24H,3,8-12,14-15H2,1-2H3,(H,21,22);1H. The number of hydrogen-bond donors (Lipinski definition) is 2. The number of ether oxygens (including phenoxy) is 1. The molecule has 0 spiro atoms. The molecule has 7 heteroatoms. The van der Waals surface area contributed by atoms with Gasteiger partial charge in [0.2, 0.25) is 0 Å². The second-order valence-electron chi connectivity index (χ2n) is 6.85. The molecule has 27 heavy (non-hydrogen) atoms. The fourth-order valence-electron chi connectivity index (χ4n) is 3.32. The van der Waals surface area contributed by atoms with E-state index in [4.69, 9.17) is 9.73 Å². The third-order valence-corrected chi connectivity index (χ3v) is 6.12. The molecule has 3 rings (SSSR count). The molecule has 1 fully saturated rings. The molecule has 1 aromatic rings. The molecular formula is C20H30IN3O2S. The lowest BCUT2D eigenvalue weighted by atomic mass is 9.99. The highest BCUT2D eigenvalue weighted by Gasteiger charge is 2.31. The maximum atomic E-state index is 10.5. The number of thioether (sulfide) groups is 1. The van der Waals surface area contributed by atoms with Gasteiger partial charge < -0.3 is 20.1 Å². The molecule has 0 aromatic heterocycles. The van der Waals surface area contributed by atoms with Gasteiger partial charge in [-0.3, -0.25) is 4.99 Å². The van der Waals surface area contributed by atoms with Gasteiger partial charge in [-0.05, 0) is 48.8 Å². The molecule has 0 radical (unpaired) electrons. The van der Waals surface area contributed by atoms with E-state index < -0.39 is 5.60 Å². The van der Waals surface area contributed by atoms with Crippen LogP contribution in [0.5, 0.6) is 5.75 Å². The average Bonchev–Trinajstić information content (AvgIpc) is 3.12. The van der Waals surface area contributed by atoms with Crippen LogP contribution in [0.15, 0.2) is 35.3 Å². The molecule has 2 heterocycles. The Kier molecular flexibility index (Phi) is 8.75. The van der Waals surface area contributed by atoms with Crippen molar-refractivity contribution in [3.05, 3.63) is 35.9 Å². The topological polar surface area (TPSA) is 57.1 Å². The van der Waals surface area contributed by atoms with Gasteiger partial charge in [0.25, 0.3) is 0 Å². The molecule has 1 atom stereocenters. The third kappa shape index (κ3) is 6.02. The van der Waals surface area contributed by atoms with Crippen LogP contribution in [0.25, 0.3) is 5.57 Å². The maximum Gasteiger partial charge on any atom is 0.194 e. The first-order valence-electron chi connectivity index (χ1n) is 9.30. The summed E-state index contributed by atoms with van der Waals surface area (Å²) in [5.74, 6) is 3.61. The summed E-state index contributed by atoms with van der Waals surface area (Å²) in [5.41, 5.74) is 1.94. The van der Waals surface area contributed by atoms with Crippen LogP contribution in [0.1, 0.15) is 25.3 Å². The zero-order valence-electron chi connectivity index (χ0n) is 16.1.